The topological polar surface area (TPSA) is 40.5 Å². The highest BCUT2D eigenvalue weighted by molar-refractivity contribution is 5.79. The quantitative estimate of drug-likeness (QED) is 0.784. The molecule has 0 bridgehead atoms. The van der Waals surface area contributed by atoms with Crippen molar-refractivity contribution in [2.75, 3.05) is 18.1 Å². The minimum atomic E-state index is -4.58. The zero-order chi connectivity index (χ0) is 16.0. The fourth-order valence-electron chi connectivity index (χ4n) is 2.43. The normalized spacial score (nSPS) is 11.8. The Labute approximate surface area is 122 Å². The molecule has 0 saturated heterocycles. The Morgan fingerprint density at radius 3 is 2.33 bits per heavy atom. The second-order valence-electron chi connectivity index (χ2n) is 4.77. The number of aliphatic hydroxyl groups is 1. The molecule has 0 unspecified atom stereocenters. The van der Waals surface area contributed by atoms with E-state index in [1.807, 2.05) is 13.8 Å². The third-order valence-electron chi connectivity index (χ3n) is 3.53. The average Bonchev–Trinajstić information content (AvgIpc) is 2.46. The van der Waals surface area contributed by atoms with E-state index in [2.05, 4.69) is 0 Å². The first kappa shape index (κ1) is 17.5. The van der Waals surface area contributed by atoms with Gasteiger partial charge in [0.25, 0.3) is 0 Å². The average molecular weight is 303 g/mol. The first-order chi connectivity index (χ1) is 9.88. The van der Waals surface area contributed by atoms with Crippen molar-refractivity contribution >= 4 is 12.0 Å². The Balaban J connectivity index is 3.30. The zero-order valence-electron chi connectivity index (χ0n) is 12.2. The van der Waals surface area contributed by atoms with Gasteiger partial charge >= 0.3 is 6.18 Å². The van der Waals surface area contributed by atoms with Crippen molar-refractivity contribution in [2.24, 2.45) is 0 Å². The van der Waals surface area contributed by atoms with Crippen molar-refractivity contribution in [3.05, 3.63) is 29.3 Å². The summed E-state index contributed by atoms with van der Waals surface area (Å²) in [7, 11) is 0. The monoisotopic (exact) mass is 303 g/mol. The molecule has 0 aliphatic rings. The van der Waals surface area contributed by atoms with Crippen LogP contribution in [0, 0.1) is 0 Å². The predicted octanol–water partition coefficient (Wildman–Crippen LogP) is 3.51. The molecule has 0 fully saturated rings. The standard InChI is InChI=1S/C15H20F3NO2/c1-3-12(4-2)19(7-8-20)13-6-5-11(10-21)14(9-13)15(16,17)18/h5-6,9-10,12,20H,3-4,7-8H2,1-2H3. The van der Waals surface area contributed by atoms with E-state index in [1.165, 1.54) is 12.1 Å². The maximum absolute atomic E-state index is 13.0. The number of hydrogen-bond acceptors (Lipinski definition) is 3. The largest absolute Gasteiger partial charge is 0.417 e. The molecule has 0 radical (unpaired) electrons. The van der Waals surface area contributed by atoms with Crippen molar-refractivity contribution in [1.82, 2.24) is 0 Å². The number of aldehydes is 1. The van der Waals surface area contributed by atoms with Crippen LogP contribution in [-0.4, -0.2) is 30.6 Å². The molecule has 3 nitrogen and oxygen atoms in total. The van der Waals surface area contributed by atoms with Gasteiger partial charge < -0.3 is 10.0 Å². The van der Waals surface area contributed by atoms with Gasteiger partial charge in [-0.2, -0.15) is 13.2 Å². The van der Waals surface area contributed by atoms with Crippen molar-refractivity contribution in [3.63, 3.8) is 0 Å². The summed E-state index contributed by atoms with van der Waals surface area (Å²) in [6.45, 7) is 4.00. The molecular weight excluding hydrogens is 283 g/mol. The summed E-state index contributed by atoms with van der Waals surface area (Å²) >= 11 is 0. The van der Waals surface area contributed by atoms with Gasteiger partial charge in [-0.3, -0.25) is 4.79 Å². The summed E-state index contributed by atoms with van der Waals surface area (Å²) in [4.78, 5) is 12.5. The fourth-order valence-corrected chi connectivity index (χ4v) is 2.43. The molecule has 0 heterocycles. The smallest absolute Gasteiger partial charge is 0.395 e. The van der Waals surface area contributed by atoms with E-state index in [-0.39, 0.29) is 31.0 Å². The van der Waals surface area contributed by atoms with E-state index in [0.717, 1.165) is 18.9 Å². The second kappa shape index (κ2) is 7.45. The lowest BCUT2D eigenvalue weighted by Gasteiger charge is -2.32. The van der Waals surface area contributed by atoms with E-state index in [9.17, 15) is 18.0 Å². The number of rotatable bonds is 7. The first-order valence-corrected chi connectivity index (χ1v) is 6.92. The van der Waals surface area contributed by atoms with E-state index >= 15 is 0 Å². The summed E-state index contributed by atoms with van der Waals surface area (Å²) in [5.74, 6) is 0. The Bertz CT molecular complexity index is 470. The Kier molecular flexibility index (Phi) is 6.20. The molecule has 1 rings (SSSR count). The van der Waals surface area contributed by atoms with E-state index < -0.39 is 11.7 Å². The fraction of sp³-hybridized carbons (Fsp3) is 0.533. The molecule has 0 aromatic heterocycles. The summed E-state index contributed by atoms with van der Waals surface area (Å²) in [5.41, 5.74) is -0.945. The molecule has 21 heavy (non-hydrogen) atoms. The van der Waals surface area contributed by atoms with Crippen LogP contribution < -0.4 is 4.90 Å². The molecule has 1 aromatic carbocycles. The molecular formula is C15H20F3NO2. The molecule has 0 saturated carbocycles. The zero-order valence-corrected chi connectivity index (χ0v) is 12.2. The lowest BCUT2D eigenvalue weighted by molar-refractivity contribution is -0.137. The number of hydrogen-bond donors (Lipinski definition) is 1. The van der Waals surface area contributed by atoms with Crippen LogP contribution in [-0.2, 0) is 6.18 Å². The van der Waals surface area contributed by atoms with Gasteiger partial charge in [0, 0.05) is 23.8 Å². The number of anilines is 1. The van der Waals surface area contributed by atoms with Crippen LogP contribution in [0.3, 0.4) is 0 Å². The number of halogens is 3. The van der Waals surface area contributed by atoms with Crippen LogP contribution in [0.25, 0.3) is 0 Å². The lowest BCUT2D eigenvalue weighted by Crippen LogP contribution is -2.37. The van der Waals surface area contributed by atoms with Gasteiger partial charge in [-0.05, 0) is 31.0 Å². The highest BCUT2D eigenvalue weighted by Crippen LogP contribution is 2.34. The molecule has 0 spiro atoms. The Morgan fingerprint density at radius 1 is 1.29 bits per heavy atom. The maximum atomic E-state index is 13.0. The highest BCUT2D eigenvalue weighted by atomic mass is 19.4. The van der Waals surface area contributed by atoms with E-state index in [1.54, 1.807) is 4.90 Å². The van der Waals surface area contributed by atoms with Gasteiger partial charge in [-0.1, -0.05) is 13.8 Å². The molecule has 6 heteroatoms. The summed E-state index contributed by atoms with van der Waals surface area (Å²) in [5, 5.41) is 9.15. The number of carbonyl (C=O) groups excluding carboxylic acids is 1. The number of carbonyl (C=O) groups is 1. The molecule has 118 valence electrons. The van der Waals surface area contributed by atoms with E-state index in [4.69, 9.17) is 5.11 Å². The maximum Gasteiger partial charge on any atom is 0.417 e. The van der Waals surface area contributed by atoms with Gasteiger partial charge in [0.1, 0.15) is 0 Å². The minimum absolute atomic E-state index is 0.0420. The molecule has 0 atom stereocenters. The van der Waals surface area contributed by atoms with Crippen LogP contribution >= 0.6 is 0 Å². The summed E-state index contributed by atoms with van der Waals surface area (Å²) < 4.78 is 39.0. The number of aliphatic hydroxyl groups excluding tert-OH is 1. The summed E-state index contributed by atoms with van der Waals surface area (Å²) in [6.07, 6.45) is -2.86. The van der Waals surface area contributed by atoms with Gasteiger partial charge in [-0.25, -0.2) is 0 Å². The van der Waals surface area contributed by atoms with Gasteiger partial charge in [0.15, 0.2) is 6.29 Å². The first-order valence-electron chi connectivity index (χ1n) is 6.92. The van der Waals surface area contributed by atoms with Crippen molar-refractivity contribution in [3.8, 4) is 0 Å². The van der Waals surface area contributed by atoms with Crippen molar-refractivity contribution in [1.29, 1.82) is 0 Å². The van der Waals surface area contributed by atoms with Crippen LogP contribution in [0.4, 0.5) is 18.9 Å². The second-order valence-corrected chi connectivity index (χ2v) is 4.77. The van der Waals surface area contributed by atoms with Crippen molar-refractivity contribution in [2.45, 2.75) is 38.9 Å². The van der Waals surface area contributed by atoms with Crippen LogP contribution in [0.2, 0.25) is 0 Å². The Hall–Kier alpha value is -1.56. The Morgan fingerprint density at radius 2 is 1.90 bits per heavy atom. The molecule has 0 amide bonds. The van der Waals surface area contributed by atoms with Crippen LogP contribution in [0.1, 0.15) is 42.6 Å². The van der Waals surface area contributed by atoms with Crippen molar-refractivity contribution < 1.29 is 23.1 Å². The molecule has 1 aromatic rings. The molecule has 0 aliphatic carbocycles. The number of nitrogens with zero attached hydrogens (tertiary/aromatic N) is 1. The number of benzene rings is 1. The highest BCUT2D eigenvalue weighted by Gasteiger charge is 2.34. The van der Waals surface area contributed by atoms with Crippen LogP contribution in [0.15, 0.2) is 18.2 Å². The lowest BCUT2D eigenvalue weighted by atomic mass is 10.0. The number of alkyl halides is 3. The SMILES string of the molecule is CCC(CC)N(CCO)c1ccc(C=O)c(C(F)(F)F)c1. The molecule has 0 aliphatic heterocycles. The van der Waals surface area contributed by atoms with Gasteiger partial charge in [0.05, 0.1) is 12.2 Å². The third-order valence-corrected chi connectivity index (χ3v) is 3.53. The third kappa shape index (κ3) is 4.20. The molecule has 1 N–H and O–H groups in total. The predicted molar refractivity (Wildman–Crippen MR) is 75.6 cm³/mol. The van der Waals surface area contributed by atoms with Gasteiger partial charge in [-0.15, -0.1) is 0 Å². The van der Waals surface area contributed by atoms with Gasteiger partial charge in [0.2, 0.25) is 0 Å². The minimum Gasteiger partial charge on any atom is -0.395 e. The van der Waals surface area contributed by atoms with Crippen LogP contribution in [0.5, 0.6) is 0 Å². The van der Waals surface area contributed by atoms with E-state index in [0.29, 0.717) is 5.69 Å². The summed E-state index contributed by atoms with van der Waals surface area (Å²) in [6, 6.07) is 3.70.